The van der Waals surface area contributed by atoms with Crippen molar-refractivity contribution in [2.75, 3.05) is 19.0 Å². The molecule has 0 bridgehead atoms. The molecule has 0 saturated heterocycles. The van der Waals surface area contributed by atoms with E-state index >= 15 is 0 Å². The van der Waals surface area contributed by atoms with Gasteiger partial charge in [0.05, 0.1) is 17.1 Å². The molecule has 3 N–H and O–H groups in total. The maximum absolute atomic E-state index is 13.6. The number of benzene rings is 2. The maximum Gasteiger partial charge on any atom is 0.202 e. The third-order valence-electron chi connectivity index (χ3n) is 6.06. The zero-order valence-electron chi connectivity index (χ0n) is 16.6. The standard InChI is InChI=1S/C23H20N6O/c1-28(2)23-27-19(22(30)14-11-25-15-9-5-3-7-12(14)15)21-17(24)18-20(29(21)23)13-8-4-6-10-16(13)26-18/h3-11,19,21,24-26H,1-2H3. The van der Waals surface area contributed by atoms with Gasteiger partial charge in [-0.15, -0.1) is 0 Å². The van der Waals surface area contributed by atoms with Crippen molar-refractivity contribution in [3.05, 3.63) is 66.0 Å². The van der Waals surface area contributed by atoms with Crippen LogP contribution in [0.4, 0.5) is 5.69 Å². The van der Waals surface area contributed by atoms with Crippen LogP contribution in [0.2, 0.25) is 0 Å². The second kappa shape index (κ2) is 5.82. The van der Waals surface area contributed by atoms with Gasteiger partial charge in [-0.3, -0.25) is 9.69 Å². The summed E-state index contributed by atoms with van der Waals surface area (Å²) >= 11 is 0. The number of carbonyl (C=O) groups excluding carboxylic acids is 1. The molecule has 4 heterocycles. The number of H-pyrrole nitrogens is 2. The van der Waals surface area contributed by atoms with Gasteiger partial charge in [-0.2, -0.15) is 0 Å². The number of hydrogen-bond acceptors (Lipinski definition) is 5. The predicted molar refractivity (Wildman–Crippen MR) is 119 cm³/mol. The van der Waals surface area contributed by atoms with E-state index in [0.717, 1.165) is 33.2 Å². The first-order valence-electron chi connectivity index (χ1n) is 9.90. The first kappa shape index (κ1) is 17.0. The lowest BCUT2D eigenvalue weighted by Crippen LogP contribution is -2.46. The first-order chi connectivity index (χ1) is 14.6. The average Bonchev–Trinajstić information content (AvgIpc) is 3.48. The van der Waals surface area contributed by atoms with Crippen molar-refractivity contribution >= 4 is 44.9 Å². The number of hydrogen-bond donors (Lipinski definition) is 3. The van der Waals surface area contributed by atoms with Crippen LogP contribution in [0.15, 0.2) is 59.7 Å². The third kappa shape index (κ3) is 2.06. The zero-order valence-corrected chi connectivity index (χ0v) is 16.6. The normalized spacial score (nSPS) is 20.0. The molecule has 2 unspecified atom stereocenters. The molecule has 30 heavy (non-hydrogen) atoms. The van der Waals surface area contributed by atoms with Gasteiger partial charge in [0.2, 0.25) is 5.96 Å². The molecular weight excluding hydrogens is 376 g/mol. The summed E-state index contributed by atoms with van der Waals surface area (Å²) in [4.78, 5) is 29.0. The van der Waals surface area contributed by atoms with Crippen LogP contribution in [0.25, 0.3) is 21.8 Å². The fraction of sp³-hybridized carbons (Fsp3) is 0.174. The molecule has 0 spiro atoms. The molecule has 7 nitrogen and oxygen atoms in total. The molecule has 0 fully saturated rings. The Kier molecular flexibility index (Phi) is 3.30. The molecule has 6 rings (SSSR count). The van der Waals surface area contributed by atoms with E-state index in [4.69, 9.17) is 10.4 Å². The average molecular weight is 396 g/mol. The Bertz CT molecular complexity index is 1390. The largest absolute Gasteiger partial charge is 0.360 e. The van der Waals surface area contributed by atoms with Crippen LogP contribution >= 0.6 is 0 Å². The summed E-state index contributed by atoms with van der Waals surface area (Å²) in [7, 11) is 3.84. The Morgan fingerprint density at radius 3 is 2.53 bits per heavy atom. The Balaban J connectivity index is 1.51. The molecule has 2 aliphatic heterocycles. The zero-order chi connectivity index (χ0) is 20.6. The van der Waals surface area contributed by atoms with Gasteiger partial charge >= 0.3 is 0 Å². The molecule has 0 radical (unpaired) electrons. The SMILES string of the molecule is CN(C)C1=NC(C(=O)c2c[nH]c3ccccc23)C2C(=N)c3[nH]c4ccccc4c3N12. The molecule has 2 atom stereocenters. The van der Waals surface area contributed by atoms with Crippen LogP contribution in [-0.2, 0) is 0 Å². The summed E-state index contributed by atoms with van der Waals surface area (Å²) in [5.41, 5.74) is 4.63. The van der Waals surface area contributed by atoms with Gasteiger partial charge in [-0.25, -0.2) is 4.99 Å². The monoisotopic (exact) mass is 396 g/mol. The number of aliphatic imine (C=N–C) groups is 1. The van der Waals surface area contributed by atoms with Gasteiger partial charge in [-0.05, 0) is 12.1 Å². The van der Waals surface area contributed by atoms with E-state index in [1.165, 1.54) is 0 Å². The first-order valence-corrected chi connectivity index (χ1v) is 9.90. The summed E-state index contributed by atoms with van der Waals surface area (Å²) in [6.45, 7) is 0. The summed E-state index contributed by atoms with van der Waals surface area (Å²) in [6.07, 6.45) is 1.76. The fourth-order valence-electron chi connectivity index (χ4n) is 4.74. The lowest BCUT2D eigenvalue weighted by Gasteiger charge is -2.26. The second-order valence-electron chi connectivity index (χ2n) is 8.00. The molecular formula is C23H20N6O. The highest BCUT2D eigenvalue weighted by Gasteiger charge is 2.51. The summed E-state index contributed by atoms with van der Waals surface area (Å²) in [5, 5.41) is 10.8. The third-order valence-corrected chi connectivity index (χ3v) is 6.06. The van der Waals surface area contributed by atoms with Gasteiger partial charge in [0.1, 0.15) is 12.1 Å². The van der Waals surface area contributed by atoms with Crippen molar-refractivity contribution in [3.63, 3.8) is 0 Å². The van der Waals surface area contributed by atoms with Crippen LogP contribution < -0.4 is 4.90 Å². The highest BCUT2D eigenvalue weighted by molar-refractivity contribution is 6.29. The van der Waals surface area contributed by atoms with E-state index in [2.05, 4.69) is 9.97 Å². The Hall–Kier alpha value is -3.87. The number of carbonyl (C=O) groups is 1. The minimum absolute atomic E-state index is 0.0708. The van der Waals surface area contributed by atoms with Crippen molar-refractivity contribution in [2.24, 2.45) is 4.99 Å². The number of fused-ring (bicyclic) bond motifs is 6. The lowest BCUT2D eigenvalue weighted by molar-refractivity contribution is 0.0964. The predicted octanol–water partition coefficient (Wildman–Crippen LogP) is 3.39. The maximum atomic E-state index is 13.6. The number of rotatable bonds is 2. The van der Waals surface area contributed by atoms with Crippen molar-refractivity contribution in [2.45, 2.75) is 12.1 Å². The number of Topliss-reactive ketones (excluding diaryl/α,β-unsaturated/α-hetero) is 1. The summed E-state index contributed by atoms with van der Waals surface area (Å²) in [6, 6.07) is 14.7. The van der Waals surface area contributed by atoms with Crippen LogP contribution in [0, 0.1) is 5.41 Å². The van der Waals surface area contributed by atoms with Crippen LogP contribution in [0.5, 0.6) is 0 Å². The Labute approximate surface area is 172 Å². The second-order valence-corrected chi connectivity index (χ2v) is 8.00. The molecule has 2 aromatic carbocycles. The number of para-hydroxylation sites is 2. The van der Waals surface area contributed by atoms with E-state index in [0.29, 0.717) is 17.2 Å². The number of aromatic nitrogens is 2. The smallest absolute Gasteiger partial charge is 0.202 e. The topological polar surface area (TPSA) is 91.3 Å². The lowest BCUT2D eigenvalue weighted by atomic mass is 9.96. The van der Waals surface area contributed by atoms with E-state index in [-0.39, 0.29) is 5.78 Å². The molecule has 7 heteroatoms. The number of aromatic amines is 2. The minimum Gasteiger partial charge on any atom is -0.360 e. The summed E-state index contributed by atoms with van der Waals surface area (Å²) in [5.74, 6) is 0.630. The highest BCUT2D eigenvalue weighted by Crippen LogP contribution is 2.43. The van der Waals surface area contributed by atoms with Crippen molar-refractivity contribution in [1.82, 2.24) is 14.9 Å². The quantitative estimate of drug-likeness (QED) is 0.454. The van der Waals surface area contributed by atoms with Crippen LogP contribution in [0.1, 0.15) is 16.1 Å². The molecule has 148 valence electrons. The number of nitrogens with zero attached hydrogens (tertiary/aromatic N) is 3. The Morgan fingerprint density at radius 1 is 1.07 bits per heavy atom. The summed E-state index contributed by atoms with van der Waals surface area (Å²) < 4.78 is 0. The highest BCUT2D eigenvalue weighted by atomic mass is 16.1. The fourth-order valence-corrected chi connectivity index (χ4v) is 4.74. The van der Waals surface area contributed by atoms with Gasteiger partial charge < -0.3 is 20.3 Å². The molecule has 2 aromatic heterocycles. The molecule has 0 aliphatic carbocycles. The minimum atomic E-state index is -0.673. The van der Waals surface area contributed by atoms with Crippen molar-refractivity contribution in [1.29, 1.82) is 5.41 Å². The number of guanidine groups is 1. The number of anilines is 1. The molecule has 4 aromatic rings. The van der Waals surface area contributed by atoms with E-state index in [1.54, 1.807) is 6.20 Å². The van der Waals surface area contributed by atoms with Crippen molar-refractivity contribution < 1.29 is 4.79 Å². The number of nitrogens with one attached hydrogen (secondary N) is 3. The number of ketones is 1. The van der Waals surface area contributed by atoms with Crippen LogP contribution in [-0.4, -0.2) is 58.5 Å². The molecule has 0 saturated carbocycles. The van der Waals surface area contributed by atoms with E-state index in [9.17, 15) is 4.79 Å². The van der Waals surface area contributed by atoms with Gasteiger partial charge in [0.25, 0.3) is 0 Å². The van der Waals surface area contributed by atoms with Gasteiger partial charge in [-0.1, -0.05) is 36.4 Å². The van der Waals surface area contributed by atoms with E-state index < -0.39 is 12.1 Å². The molecule has 0 amide bonds. The molecule has 2 aliphatic rings. The van der Waals surface area contributed by atoms with Crippen LogP contribution in [0.3, 0.4) is 0 Å². The van der Waals surface area contributed by atoms with E-state index in [1.807, 2.05) is 72.4 Å². The van der Waals surface area contributed by atoms with Crippen molar-refractivity contribution in [3.8, 4) is 0 Å². The van der Waals surface area contributed by atoms with Gasteiger partial charge in [0.15, 0.2) is 5.78 Å². The Morgan fingerprint density at radius 2 is 1.77 bits per heavy atom. The van der Waals surface area contributed by atoms with Gasteiger partial charge in [0, 0.05) is 47.7 Å².